The monoisotopic (exact) mass is 479 g/mol. The van der Waals surface area contributed by atoms with Gasteiger partial charge in [-0.3, -0.25) is 9.78 Å². The van der Waals surface area contributed by atoms with Crippen LogP contribution in [-0.2, 0) is 0 Å². The van der Waals surface area contributed by atoms with Crippen LogP contribution in [0.4, 0.5) is 23.2 Å². The molecule has 1 N–H and O–H groups in total. The number of nitrogens with zero attached hydrogens (tertiary/aromatic N) is 2. The summed E-state index contributed by atoms with van der Waals surface area (Å²) in [6.45, 7) is 1.68. The van der Waals surface area contributed by atoms with Crippen LogP contribution in [0.2, 0.25) is 0 Å². The van der Waals surface area contributed by atoms with Crippen LogP contribution in [0.1, 0.15) is 55.8 Å². The van der Waals surface area contributed by atoms with Crippen LogP contribution in [0.15, 0.2) is 41.1 Å². The molecule has 1 aromatic carbocycles. The van der Waals surface area contributed by atoms with Crippen molar-refractivity contribution in [2.24, 2.45) is 5.92 Å². The van der Waals surface area contributed by atoms with E-state index in [1.165, 1.54) is 25.4 Å². The average molecular weight is 479 g/mol. The molecule has 1 saturated carbocycles. The molecule has 0 saturated heterocycles. The molecule has 4 rings (SSSR count). The molecule has 182 valence electrons. The molecule has 0 radical (unpaired) electrons. The summed E-state index contributed by atoms with van der Waals surface area (Å²) in [5, 5.41) is 6.23. The summed E-state index contributed by atoms with van der Waals surface area (Å²) in [7, 11) is 1.35. The molecule has 34 heavy (non-hydrogen) atoms. The fraction of sp³-hybridized carbons (Fsp3) is 0.375. The fourth-order valence-electron chi connectivity index (χ4n) is 4.23. The van der Waals surface area contributed by atoms with E-state index in [0.29, 0.717) is 5.69 Å². The van der Waals surface area contributed by atoms with E-state index in [0.717, 1.165) is 18.2 Å². The Balaban J connectivity index is 0.00000324. The fourth-order valence-corrected chi connectivity index (χ4v) is 4.23. The largest absolute Gasteiger partial charge is 0.479 e. The van der Waals surface area contributed by atoms with Crippen LogP contribution in [0.3, 0.4) is 0 Å². The third-order valence-corrected chi connectivity index (χ3v) is 5.84. The number of hydrogen-bond donors (Lipinski definition) is 1. The topological polar surface area (TPSA) is 77.2 Å². The number of anilines is 1. The first-order valence-electron chi connectivity index (χ1n) is 10.3. The SMILES string of the molecule is C.COc1cc(C(=O)Nc2c(-c3cc(F)ccc3F)ccnc2C2CCC(F)(F)C[C@H]2C)on1. The second-order valence-electron chi connectivity index (χ2n) is 8.11. The van der Waals surface area contributed by atoms with E-state index in [1.807, 2.05) is 0 Å². The summed E-state index contributed by atoms with van der Waals surface area (Å²) in [5.74, 6) is -5.91. The van der Waals surface area contributed by atoms with Crippen molar-refractivity contribution >= 4 is 11.6 Å². The maximum atomic E-state index is 14.7. The lowest BCUT2D eigenvalue weighted by atomic mass is 9.75. The van der Waals surface area contributed by atoms with Gasteiger partial charge in [-0.25, -0.2) is 17.6 Å². The highest BCUT2D eigenvalue weighted by molar-refractivity contribution is 6.05. The van der Waals surface area contributed by atoms with Gasteiger partial charge in [0.2, 0.25) is 11.7 Å². The maximum absolute atomic E-state index is 14.7. The first-order valence-corrected chi connectivity index (χ1v) is 10.3. The Kier molecular flexibility index (Phi) is 7.28. The lowest BCUT2D eigenvalue weighted by Crippen LogP contribution is -2.31. The smallest absolute Gasteiger partial charge is 0.294 e. The van der Waals surface area contributed by atoms with Crippen LogP contribution < -0.4 is 10.1 Å². The van der Waals surface area contributed by atoms with Crippen LogP contribution in [0.25, 0.3) is 11.1 Å². The minimum Gasteiger partial charge on any atom is -0.479 e. The Morgan fingerprint density at radius 2 is 1.97 bits per heavy atom. The highest BCUT2D eigenvalue weighted by atomic mass is 19.3. The summed E-state index contributed by atoms with van der Waals surface area (Å²) < 4.78 is 66.4. The number of ether oxygens (including phenoxy) is 1. The van der Waals surface area contributed by atoms with Crippen molar-refractivity contribution in [3.63, 3.8) is 0 Å². The van der Waals surface area contributed by atoms with Gasteiger partial charge in [-0.2, -0.15) is 0 Å². The van der Waals surface area contributed by atoms with E-state index in [2.05, 4.69) is 15.5 Å². The van der Waals surface area contributed by atoms with E-state index in [1.54, 1.807) is 6.92 Å². The molecule has 0 spiro atoms. The Hall–Kier alpha value is -3.43. The summed E-state index contributed by atoms with van der Waals surface area (Å²) in [6.07, 6.45) is 0.830. The average Bonchev–Trinajstić information content (AvgIpc) is 3.25. The van der Waals surface area contributed by atoms with Gasteiger partial charge in [0.05, 0.1) is 24.6 Å². The molecule has 2 atom stereocenters. The lowest BCUT2D eigenvalue weighted by Gasteiger charge is -2.34. The zero-order chi connectivity index (χ0) is 23.8. The van der Waals surface area contributed by atoms with Crippen molar-refractivity contribution in [3.8, 4) is 17.0 Å². The number of amides is 1. The molecular formula is C24H25F4N3O3. The number of benzene rings is 1. The predicted molar refractivity (Wildman–Crippen MR) is 118 cm³/mol. The number of carbonyl (C=O) groups is 1. The Morgan fingerprint density at radius 1 is 1.21 bits per heavy atom. The Morgan fingerprint density at radius 3 is 2.65 bits per heavy atom. The number of carbonyl (C=O) groups excluding carboxylic acids is 1. The summed E-state index contributed by atoms with van der Waals surface area (Å²) in [6, 6.07) is 5.64. The van der Waals surface area contributed by atoms with Gasteiger partial charge in [0.15, 0.2) is 0 Å². The van der Waals surface area contributed by atoms with Gasteiger partial charge in [-0.15, -0.1) is 0 Å². The van der Waals surface area contributed by atoms with Gasteiger partial charge in [0.1, 0.15) is 11.6 Å². The quantitative estimate of drug-likeness (QED) is 0.426. The zero-order valence-electron chi connectivity index (χ0n) is 17.9. The molecule has 2 heterocycles. The molecule has 1 aliphatic rings. The molecule has 1 aliphatic carbocycles. The molecular weight excluding hydrogens is 454 g/mol. The molecule has 6 nitrogen and oxygen atoms in total. The van der Waals surface area contributed by atoms with E-state index < -0.39 is 35.3 Å². The van der Waals surface area contributed by atoms with E-state index >= 15 is 0 Å². The highest BCUT2D eigenvalue weighted by Gasteiger charge is 2.41. The van der Waals surface area contributed by atoms with Crippen molar-refractivity contribution in [2.45, 2.75) is 45.5 Å². The van der Waals surface area contributed by atoms with Gasteiger partial charge < -0.3 is 14.6 Å². The minimum absolute atomic E-state index is 0. The number of nitrogens with one attached hydrogen (secondary N) is 1. The molecule has 1 unspecified atom stereocenters. The number of aromatic nitrogens is 2. The van der Waals surface area contributed by atoms with E-state index in [-0.39, 0.29) is 55.1 Å². The molecule has 10 heteroatoms. The molecule has 1 amide bonds. The highest BCUT2D eigenvalue weighted by Crippen LogP contribution is 2.47. The minimum atomic E-state index is -2.79. The van der Waals surface area contributed by atoms with Gasteiger partial charge in [0, 0.05) is 36.1 Å². The first kappa shape index (κ1) is 25.2. The third-order valence-electron chi connectivity index (χ3n) is 5.84. The van der Waals surface area contributed by atoms with Crippen molar-refractivity contribution in [2.75, 3.05) is 12.4 Å². The number of pyridine rings is 1. The standard InChI is InChI=1S/C23H21F4N3O3.CH4/c1-12-11-23(26,27)7-5-14(12)20-21(29-22(31)18-10-19(32-2)30-33-18)15(6-8-28-20)16-9-13(24)3-4-17(16)25;/h3-4,6,8-10,12,14H,5,7,11H2,1-2H3,(H,29,31);1H4/t12-,14?;/m1./s1. The van der Waals surface area contributed by atoms with Crippen LogP contribution in [-0.4, -0.2) is 29.1 Å². The normalized spacial score (nSPS) is 19.2. The van der Waals surface area contributed by atoms with Crippen molar-refractivity contribution in [1.29, 1.82) is 0 Å². The van der Waals surface area contributed by atoms with E-state index in [4.69, 9.17) is 9.26 Å². The summed E-state index contributed by atoms with van der Waals surface area (Å²) >= 11 is 0. The number of methoxy groups -OCH3 is 1. The third kappa shape index (κ3) is 5.05. The maximum Gasteiger partial charge on any atom is 0.294 e. The van der Waals surface area contributed by atoms with Crippen LogP contribution in [0, 0.1) is 17.6 Å². The van der Waals surface area contributed by atoms with Gasteiger partial charge in [-0.05, 0) is 41.8 Å². The molecule has 3 aromatic rings. The van der Waals surface area contributed by atoms with Gasteiger partial charge >= 0.3 is 0 Å². The summed E-state index contributed by atoms with van der Waals surface area (Å²) in [4.78, 5) is 17.2. The Labute approximate surface area is 194 Å². The lowest BCUT2D eigenvalue weighted by molar-refractivity contribution is -0.0558. The van der Waals surface area contributed by atoms with Crippen molar-refractivity contribution in [1.82, 2.24) is 10.1 Å². The second-order valence-corrected chi connectivity index (χ2v) is 8.11. The number of halogens is 4. The van der Waals surface area contributed by atoms with Crippen molar-refractivity contribution in [3.05, 3.63) is 59.6 Å². The van der Waals surface area contributed by atoms with Gasteiger partial charge in [0.25, 0.3) is 11.8 Å². The molecule has 0 aliphatic heterocycles. The predicted octanol–water partition coefficient (Wildman–Crippen LogP) is 6.45. The van der Waals surface area contributed by atoms with Crippen LogP contribution in [0.5, 0.6) is 5.88 Å². The number of alkyl halides is 2. The van der Waals surface area contributed by atoms with Crippen molar-refractivity contribution < 1.29 is 31.6 Å². The molecule has 1 fully saturated rings. The summed E-state index contributed by atoms with van der Waals surface area (Å²) in [5.41, 5.74) is 0.489. The number of hydrogen-bond acceptors (Lipinski definition) is 5. The second kappa shape index (κ2) is 9.82. The molecule has 0 bridgehead atoms. The van der Waals surface area contributed by atoms with E-state index in [9.17, 15) is 22.4 Å². The molecule has 2 aromatic heterocycles. The first-order chi connectivity index (χ1) is 15.7. The Bertz CT molecular complexity index is 1180. The van der Waals surface area contributed by atoms with Gasteiger partial charge in [-0.1, -0.05) is 14.4 Å². The number of rotatable bonds is 5. The zero-order valence-corrected chi connectivity index (χ0v) is 17.9. The van der Waals surface area contributed by atoms with Crippen LogP contribution >= 0.6 is 0 Å².